The lowest BCUT2D eigenvalue weighted by Gasteiger charge is -2.50. The van der Waals surface area contributed by atoms with E-state index in [1.165, 1.54) is 18.1 Å². The van der Waals surface area contributed by atoms with E-state index in [2.05, 4.69) is 25.5 Å². The van der Waals surface area contributed by atoms with Crippen LogP contribution in [0.3, 0.4) is 0 Å². The number of piperidine rings is 1. The van der Waals surface area contributed by atoms with Crippen molar-refractivity contribution >= 4 is 11.8 Å². The summed E-state index contributed by atoms with van der Waals surface area (Å²) >= 11 is 0. The molecule has 2 aromatic heterocycles. The van der Waals surface area contributed by atoms with Crippen molar-refractivity contribution in [2.24, 2.45) is 0 Å². The SMILES string of the molecule is COCC(=O)N1CCc2[nH]cnc2C12CCN(C(=O)Cn1cnnn1)CC2. The molecule has 0 atom stereocenters. The van der Waals surface area contributed by atoms with Crippen LogP contribution in [0.2, 0.25) is 0 Å². The third-order valence-corrected chi connectivity index (χ3v) is 5.46. The Morgan fingerprint density at radius 2 is 2.07 bits per heavy atom. The Morgan fingerprint density at radius 3 is 2.78 bits per heavy atom. The Kier molecular flexibility index (Phi) is 4.60. The lowest BCUT2D eigenvalue weighted by Crippen LogP contribution is -2.59. The molecule has 0 unspecified atom stereocenters. The van der Waals surface area contributed by atoms with Gasteiger partial charge < -0.3 is 19.5 Å². The van der Waals surface area contributed by atoms with E-state index in [0.717, 1.165) is 17.8 Å². The van der Waals surface area contributed by atoms with Crippen molar-refractivity contribution in [1.29, 1.82) is 0 Å². The predicted octanol–water partition coefficient (Wildman–Crippen LogP) is -1.05. The first-order valence-electron chi connectivity index (χ1n) is 8.95. The largest absolute Gasteiger partial charge is 0.375 e. The summed E-state index contributed by atoms with van der Waals surface area (Å²) < 4.78 is 6.48. The van der Waals surface area contributed by atoms with Gasteiger partial charge in [-0.25, -0.2) is 9.67 Å². The highest BCUT2D eigenvalue weighted by atomic mass is 16.5. The molecule has 2 aliphatic rings. The van der Waals surface area contributed by atoms with E-state index >= 15 is 0 Å². The van der Waals surface area contributed by atoms with Crippen LogP contribution in [-0.4, -0.2) is 85.1 Å². The second-order valence-electron chi connectivity index (χ2n) is 6.88. The van der Waals surface area contributed by atoms with Crippen LogP contribution in [0, 0.1) is 0 Å². The first kappa shape index (κ1) is 17.6. The van der Waals surface area contributed by atoms with E-state index in [1.807, 2.05) is 4.90 Å². The van der Waals surface area contributed by atoms with E-state index in [4.69, 9.17) is 4.74 Å². The summed E-state index contributed by atoms with van der Waals surface area (Å²) in [5.41, 5.74) is 1.50. The zero-order chi connectivity index (χ0) is 18.9. The molecule has 0 aromatic carbocycles. The number of carbonyl (C=O) groups excluding carboxylic acids is 2. The highest BCUT2D eigenvalue weighted by Gasteiger charge is 2.49. The number of hydrogen-bond acceptors (Lipinski definition) is 7. The molecule has 1 saturated heterocycles. The molecule has 2 aromatic rings. The summed E-state index contributed by atoms with van der Waals surface area (Å²) in [5.74, 6) is -0.0791. The average Bonchev–Trinajstić information content (AvgIpc) is 3.35. The molecule has 0 aliphatic carbocycles. The standard InChI is InChI=1S/C16H22N8O3/c1-27-9-14(26)24-5-2-12-15(18-10-17-12)16(24)3-6-22(7-4-16)13(25)8-23-11-19-20-21-23/h10-11H,2-9H2,1H3,(H,17,18). The topological polar surface area (TPSA) is 122 Å². The van der Waals surface area contributed by atoms with Gasteiger partial charge in [0, 0.05) is 38.9 Å². The molecule has 4 rings (SSSR count). The zero-order valence-corrected chi connectivity index (χ0v) is 15.2. The zero-order valence-electron chi connectivity index (χ0n) is 15.2. The number of imidazole rings is 1. The first-order chi connectivity index (χ1) is 13.1. The molecule has 144 valence electrons. The minimum absolute atomic E-state index is 0.0371. The molecule has 1 fully saturated rings. The lowest BCUT2D eigenvalue weighted by molar-refractivity contribution is -0.148. The number of nitrogens with zero attached hydrogens (tertiary/aromatic N) is 7. The van der Waals surface area contributed by atoms with Gasteiger partial charge in [-0.1, -0.05) is 0 Å². The van der Waals surface area contributed by atoms with Crippen molar-refractivity contribution < 1.29 is 14.3 Å². The Labute approximate surface area is 155 Å². The highest BCUT2D eigenvalue weighted by Crippen LogP contribution is 2.42. The molecule has 0 saturated carbocycles. The summed E-state index contributed by atoms with van der Waals surface area (Å²) in [7, 11) is 1.52. The fraction of sp³-hybridized carbons (Fsp3) is 0.625. The smallest absolute Gasteiger partial charge is 0.249 e. The average molecular weight is 374 g/mol. The number of methoxy groups -OCH3 is 1. The maximum Gasteiger partial charge on any atom is 0.249 e. The van der Waals surface area contributed by atoms with Crippen LogP contribution < -0.4 is 0 Å². The molecular formula is C16H22N8O3. The van der Waals surface area contributed by atoms with Gasteiger partial charge in [0.05, 0.1) is 17.6 Å². The van der Waals surface area contributed by atoms with Gasteiger partial charge in [-0.2, -0.15) is 0 Å². The number of aromatic nitrogens is 6. The minimum Gasteiger partial charge on any atom is -0.375 e. The summed E-state index contributed by atoms with van der Waals surface area (Å²) in [4.78, 5) is 36.6. The molecule has 1 spiro atoms. The number of amides is 2. The maximum absolute atomic E-state index is 12.7. The summed E-state index contributed by atoms with van der Waals surface area (Å²) in [5, 5.41) is 10.8. The molecular weight excluding hydrogens is 352 g/mol. The molecule has 11 nitrogen and oxygen atoms in total. The number of carbonyl (C=O) groups is 2. The third kappa shape index (κ3) is 3.07. The number of ether oxygens (including phenoxy) is 1. The van der Waals surface area contributed by atoms with Crippen LogP contribution in [0.1, 0.15) is 24.2 Å². The molecule has 0 radical (unpaired) electrons. The quantitative estimate of drug-likeness (QED) is 0.724. The van der Waals surface area contributed by atoms with Crippen molar-refractivity contribution in [1.82, 2.24) is 40.0 Å². The molecule has 1 N–H and O–H groups in total. The minimum atomic E-state index is -0.491. The van der Waals surface area contributed by atoms with Gasteiger partial charge in [0.15, 0.2) is 0 Å². The summed E-state index contributed by atoms with van der Waals surface area (Å²) in [6, 6.07) is 0. The van der Waals surface area contributed by atoms with E-state index < -0.39 is 5.54 Å². The van der Waals surface area contributed by atoms with Gasteiger partial charge >= 0.3 is 0 Å². The number of tetrazole rings is 1. The fourth-order valence-electron chi connectivity index (χ4n) is 4.17. The van der Waals surface area contributed by atoms with Crippen LogP contribution in [0.5, 0.6) is 0 Å². The molecule has 4 heterocycles. The van der Waals surface area contributed by atoms with Gasteiger partial charge in [-0.15, -0.1) is 5.10 Å². The van der Waals surface area contributed by atoms with Gasteiger partial charge in [0.1, 0.15) is 19.5 Å². The van der Waals surface area contributed by atoms with E-state index in [0.29, 0.717) is 32.5 Å². The van der Waals surface area contributed by atoms with Gasteiger partial charge in [0.2, 0.25) is 11.8 Å². The normalized spacial score (nSPS) is 18.6. The van der Waals surface area contributed by atoms with Crippen molar-refractivity contribution in [3.05, 3.63) is 24.0 Å². The first-order valence-corrected chi connectivity index (χ1v) is 8.95. The fourth-order valence-corrected chi connectivity index (χ4v) is 4.17. The van der Waals surface area contributed by atoms with Crippen molar-refractivity contribution in [3.63, 3.8) is 0 Å². The van der Waals surface area contributed by atoms with Crippen molar-refractivity contribution in [3.8, 4) is 0 Å². The summed E-state index contributed by atoms with van der Waals surface area (Å²) in [6.07, 6.45) is 5.13. The second-order valence-corrected chi connectivity index (χ2v) is 6.88. The monoisotopic (exact) mass is 374 g/mol. The Morgan fingerprint density at radius 1 is 1.26 bits per heavy atom. The number of aromatic amines is 1. The number of fused-ring (bicyclic) bond motifs is 2. The van der Waals surface area contributed by atoms with Gasteiger partial charge in [-0.3, -0.25) is 9.59 Å². The van der Waals surface area contributed by atoms with Crippen LogP contribution in [0.15, 0.2) is 12.7 Å². The maximum atomic E-state index is 12.7. The Hall–Kier alpha value is -2.82. The van der Waals surface area contributed by atoms with E-state index in [1.54, 1.807) is 11.2 Å². The Bertz CT molecular complexity index is 810. The number of nitrogens with one attached hydrogen (secondary N) is 1. The molecule has 2 aliphatic heterocycles. The van der Waals surface area contributed by atoms with Gasteiger partial charge in [-0.05, 0) is 23.3 Å². The number of likely N-dealkylation sites (tertiary alicyclic amines) is 1. The Balaban J connectivity index is 1.53. The number of hydrogen-bond donors (Lipinski definition) is 1. The van der Waals surface area contributed by atoms with Crippen molar-refractivity contribution in [2.45, 2.75) is 31.3 Å². The second kappa shape index (κ2) is 7.06. The third-order valence-electron chi connectivity index (χ3n) is 5.46. The number of rotatable bonds is 4. The highest BCUT2D eigenvalue weighted by molar-refractivity contribution is 5.79. The van der Waals surface area contributed by atoms with Gasteiger partial charge in [0.25, 0.3) is 0 Å². The van der Waals surface area contributed by atoms with E-state index in [9.17, 15) is 9.59 Å². The van der Waals surface area contributed by atoms with Crippen LogP contribution in [0.4, 0.5) is 0 Å². The summed E-state index contributed by atoms with van der Waals surface area (Å²) in [6.45, 7) is 1.87. The van der Waals surface area contributed by atoms with Crippen LogP contribution in [0.25, 0.3) is 0 Å². The van der Waals surface area contributed by atoms with Crippen LogP contribution in [-0.2, 0) is 32.8 Å². The number of H-pyrrole nitrogens is 1. The lowest BCUT2D eigenvalue weighted by atomic mass is 9.78. The molecule has 27 heavy (non-hydrogen) atoms. The van der Waals surface area contributed by atoms with Crippen LogP contribution >= 0.6 is 0 Å². The predicted molar refractivity (Wildman–Crippen MR) is 91.2 cm³/mol. The molecule has 0 bridgehead atoms. The van der Waals surface area contributed by atoms with E-state index in [-0.39, 0.29) is 25.0 Å². The molecule has 2 amide bonds. The molecule has 11 heteroatoms. The van der Waals surface area contributed by atoms with Crippen molar-refractivity contribution in [2.75, 3.05) is 33.4 Å².